The van der Waals surface area contributed by atoms with E-state index in [1.54, 1.807) is 0 Å². The Kier molecular flexibility index (Phi) is 3.63. The van der Waals surface area contributed by atoms with Gasteiger partial charge in [0.1, 0.15) is 5.82 Å². The molecule has 0 aromatic carbocycles. The number of aryl methyl sites for hydroxylation is 1. The van der Waals surface area contributed by atoms with Crippen molar-refractivity contribution in [3.05, 3.63) is 23.9 Å². The second kappa shape index (κ2) is 4.74. The molecular formula is C11H17N3. The molecule has 1 aromatic heterocycles. The van der Waals surface area contributed by atoms with Gasteiger partial charge in [-0.05, 0) is 45.4 Å². The molecule has 14 heavy (non-hydrogen) atoms. The SMILES string of the molecule is CCN(N=C(C)C)c1cc(C)ccn1. The first kappa shape index (κ1) is 10.7. The molecule has 0 spiro atoms. The summed E-state index contributed by atoms with van der Waals surface area (Å²) in [5.41, 5.74) is 2.24. The summed E-state index contributed by atoms with van der Waals surface area (Å²) in [5, 5.41) is 6.30. The van der Waals surface area contributed by atoms with Crippen LogP contribution in [0.4, 0.5) is 5.82 Å². The molecule has 3 nitrogen and oxygen atoms in total. The van der Waals surface area contributed by atoms with Crippen molar-refractivity contribution in [3.8, 4) is 0 Å². The fraction of sp³-hybridized carbons (Fsp3) is 0.455. The van der Waals surface area contributed by atoms with Gasteiger partial charge in [0.05, 0.1) is 0 Å². The quantitative estimate of drug-likeness (QED) is 0.542. The van der Waals surface area contributed by atoms with Crippen LogP contribution in [-0.2, 0) is 0 Å². The number of pyridine rings is 1. The van der Waals surface area contributed by atoms with Crippen molar-refractivity contribution in [2.45, 2.75) is 27.7 Å². The second-order valence-electron chi connectivity index (χ2n) is 3.45. The van der Waals surface area contributed by atoms with Crippen LogP contribution in [0.3, 0.4) is 0 Å². The summed E-state index contributed by atoms with van der Waals surface area (Å²) < 4.78 is 0. The highest BCUT2D eigenvalue weighted by atomic mass is 15.5. The lowest BCUT2D eigenvalue weighted by Gasteiger charge is -2.16. The van der Waals surface area contributed by atoms with Crippen LogP contribution in [0.2, 0.25) is 0 Å². The van der Waals surface area contributed by atoms with E-state index in [2.05, 4.69) is 23.9 Å². The summed E-state index contributed by atoms with van der Waals surface area (Å²) in [7, 11) is 0. The molecule has 0 radical (unpaired) electrons. The van der Waals surface area contributed by atoms with Gasteiger partial charge in [-0.3, -0.25) is 0 Å². The Bertz CT molecular complexity index is 327. The third-order valence-electron chi connectivity index (χ3n) is 1.79. The monoisotopic (exact) mass is 191 g/mol. The normalized spacial score (nSPS) is 9.71. The highest BCUT2D eigenvalue weighted by Gasteiger charge is 2.02. The van der Waals surface area contributed by atoms with E-state index in [1.807, 2.05) is 37.2 Å². The number of nitrogens with zero attached hydrogens (tertiary/aromatic N) is 3. The van der Waals surface area contributed by atoms with E-state index in [4.69, 9.17) is 0 Å². The van der Waals surface area contributed by atoms with E-state index in [0.29, 0.717) is 0 Å². The third kappa shape index (κ3) is 2.83. The van der Waals surface area contributed by atoms with Gasteiger partial charge in [-0.25, -0.2) is 9.99 Å². The number of rotatable bonds is 3. The standard InChI is InChI=1S/C11H17N3/c1-5-14(13-9(2)3)11-8-10(4)6-7-12-11/h6-8H,5H2,1-4H3. The van der Waals surface area contributed by atoms with Gasteiger partial charge in [-0.15, -0.1) is 0 Å². The van der Waals surface area contributed by atoms with Gasteiger partial charge in [-0.1, -0.05) is 0 Å². The molecule has 0 N–H and O–H groups in total. The minimum atomic E-state index is 0.835. The molecule has 3 heteroatoms. The first-order valence-electron chi connectivity index (χ1n) is 4.85. The maximum atomic E-state index is 4.39. The molecule has 0 bridgehead atoms. The van der Waals surface area contributed by atoms with Gasteiger partial charge in [0.25, 0.3) is 0 Å². The lowest BCUT2D eigenvalue weighted by molar-refractivity contribution is 0.866. The Morgan fingerprint density at radius 3 is 2.71 bits per heavy atom. The van der Waals surface area contributed by atoms with Crippen molar-refractivity contribution >= 4 is 11.5 Å². The summed E-state index contributed by atoms with van der Waals surface area (Å²) >= 11 is 0. The maximum absolute atomic E-state index is 4.39. The molecular weight excluding hydrogens is 174 g/mol. The van der Waals surface area contributed by atoms with Gasteiger partial charge < -0.3 is 0 Å². The fourth-order valence-corrected chi connectivity index (χ4v) is 1.19. The topological polar surface area (TPSA) is 28.5 Å². The minimum Gasteiger partial charge on any atom is -0.248 e. The van der Waals surface area contributed by atoms with Gasteiger partial charge in [0.2, 0.25) is 0 Å². The molecule has 0 fully saturated rings. The molecule has 1 heterocycles. The molecule has 1 aromatic rings. The van der Waals surface area contributed by atoms with E-state index in [-0.39, 0.29) is 0 Å². The first-order chi connectivity index (χ1) is 6.63. The second-order valence-corrected chi connectivity index (χ2v) is 3.45. The molecule has 0 amide bonds. The molecule has 0 atom stereocenters. The minimum absolute atomic E-state index is 0.835. The van der Waals surface area contributed by atoms with Crippen LogP contribution in [-0.4, -0.2) is 17.2 Å². The average molecular weight is 191 g/mol. The summed E-state index contributed by atoms with van der Waals surface area (Å²) in [6.45, 7) is 8.93. The zero-order valence-corrected chi connectivity index (χ0v) is 9.28. The molecule has 1 rings (SSSR count). The van der Waals surface area contributed by atoms with Crippen molar-refractivity contribution in [3.63, 3.8) is 0 Å². The Morgan fingerprint density at radius 2 is 2.21 bits per heavy atom. The van der Waals surface area contributed by atoms with E-state index in [9.17, 15) is 0 Å². The van der Waals surface area contributed by atoms with Crippen molar-refractivity contribution in [2.24, 2.45) is 5.10 Å². The Balaban J connectivity index is 2.95. The van der Waals surface area contributed by atoms with Gasteiger partial charge >= 0.3 is 0 Å². The van der Waals surface area contributed by atoms with Gasteiger partial charge in [-0.2, -0.15) is 5.10 Å². The van der Waals surface area contributed by atoms with Crippen LogP contribution in [0.15, 0.2) is 23.4 Å². The number of hydrazone groups is 1. The van der Waals surface area contributed by atoms with Crippen LogP contribution in [0.1, 0.15) is 26.3 Å². The lowest BCUT2D eigenvalue weighted by atomic mass is 10.3. The molecule has 0 aliphatic rings. The van der Waals surface area contributed by atoms with E-state index >= 15 is 0 Å². The summed E-state index contributed by atoms with van der Waals surface area (Å²) in [4.78, 5) is 4.28. The molecule has 0 unspecified atom stereocenters. The van der Waals surface area contributed by atoms with Crippen LogP contribution in [0.25, 0.3) is 0 Å². The zero-order chi connectivity index (χ0) is 10.6. The Hall–Kier alpha value is -1.38. The van der Waals surface area contributed by atoms with Crippen molar-refractivity contribution in [1.29, 1.82) is 0 Å². The molecule has 0 saturated carbocycles. The number of hydrogen-bond donors (Lipinski definition) is 0. The van der Waals surface area contributed by atoms with Gasteiger partial charge in [0.15, 0.2) is 0 Å². The molecule has 76 valence electrons. The Labute approximate surface area is 85.5 Å². The number of hydrogen-bond acceptors (Lipinski definition) is 3. The van der Waals surface area contributed by atoms with Crippen LogP contribution >= 0.6 is 0 Å². The molecule has 0 aliphatic heterocycles. The number of anilines is 1. The largest absolute Gasteiger partial charge is 0.248 e. The van der Waals surface area contributed by atoms with Crippen molar-refractivity contribution < 1.29 is 0 Å². The zero-order valence-electron chi connectivity index (χ0n) is 9.28. The van der Waals surface area contributed by atoms with Crippen LogP contribution in [0.5, 0.6) is 0 Å². The number of aromatic nitrogens is 1. The highest BCUT2D eigenvalue weighted by molar-refractivity contribution is 5.80. The summed E-state index contributed by atoms with van der Waals surface area (Å²) in [6.07, 6.45) is 1.81. The molecule has 0 saturated heterocycles. The average Bonchev–Trinajstić information content (AvgIpc) is 2.14. The Morgan fingerprint density at radius 1 is 1.50 bits per heavy atom. The third-order valence-corrected chi connectivity index (χ3v) is 1.79. The van der Waals surface area contributed by atoms with Gasteiger partial charge in [0, 0.05) is 18.5 Å². The molecule has 0 aliphatic carbocycles. The predicted octanol–water partition coefficient (Wildman–Crippen LogP) is 2.61. The van der Waals surface area contributed by atoms with Crippen molar-refractivity contribution in [2.75, 3.05) is 11.6 Å². The maximum Gasteiger partial charge on any atom is 0.148 e. The van der Waals surface area contributed by atoms with Crippen LogP contribution in [0, 0.1) is 6.92 Å². The van der Waals surface area contributed by atoms with E-state index in [1.165, 1.54) is 5.56 Å². The van der Waals surface area contributed by atoms with Crippen LogP contribution < -0.4 is 5.01 Å². The first-order valence-corrected chi connectivity index (χ1v) is 4.85. The van der Waals surface area contributed by atoms with E-state index in [0.717, 1.165) is 18.1 Å². The van der Waals surface area contributed by atoms with E-state index < -0.39 is 0 Å². The smallest absolute Gasteiger partial charge is 0.148 e. The predicted molar refractivity (Wildman–Crippen MR) is 60.8 cm³/mol. The summed E-state index contributed by atoms with van der Waals surface area (Å²) in [6, 6.07) is 4.02. The highest BCUT2D eigenvalue weighted by Crippen LogP contribution is 2.12. The fourth-order valence-electron chi connectivity index (χ4n) is 1.19. The summed E-state index contributed by atoms with van der Waals surface area (Å²) in [5.74, 6) is 0.911. The lowest BCUT2D eigenvalue weighted by Crippen LogP contribution is -2.18. The van der Waals surface area contributed by atoms with Crippen molar-refractivity contribution in [1.82, 2.24) is 4.98 Å².